The van der Waals surface area contributed by atoms with E-state index in [4.69, 9.17) is 11.6 Å². The maximum atomic E-state index is 12.0. The van der Waals surface area contributed by atoms with Crippen LogP contribution in [0.25, 0.3) is 0 Å². The van der Waals surface area contributed by atoms with Gasteiger partial charge < -0.3 is 10.2 Å². The summed E-state index contributed by atoms with van der Waals surface area (Å²) in [4.78, 5) is 14.1. The smallest absolute Gasteiger partial charge is 0.244 e. The second-order valence-corrected chi connectivity index (χ2v) is 5.43. The minimum Gasteiger partial charge on any atom is -0.354 e. The first-order chi connectivity index (χ1) is 8.84. The predicted molar refractivity (Wildman–Crippen MR) is 77.6 cm³/mol. The second kappa shape index (κ2) is 6.91. The Kier molecular flexibility index (Phi) is 5.82. The highest BCUT2D eigenvalue weighted by Crippen LogP contribution is 2.22. The summed E-state index contributed by atoms with van der Waals surface area (Å²) in [5.41, 5.74) is 1.58. The van der Waals surface area contributed by atoms with Crippen LogP contribution < -0.4 is 5.32 Å². The van der Waals surface area contributed by atoms with E-state index in [1.807, 2.05) is 34.9 Å². The van der Waals surface area contributed by atoms with Crippen molar-refractivity contribution in [2.45, 2.75) is 33.2 Å². The van der Waals surface area contributed by atoms with Crippen molar-refractivity contribution >= 4 is 17.5 Å². The van der Waals surface area contributed by atoms with Crippen LogP contribution in [0.5, 0.6) is 0 Å². The lowest BCUT2D eigenvalue weighted by Gasteiger charge is -2.15. The highest BCUT2D eigenvalue weighted by Gasteiger charge is 2.19. The monoisotopic (exact) mass is 286 g/mol. The molecule has 0 spiro atoms. The molecular formula is C13H23ClN4O. The fraction of sp³-hybridized carbons (Fsp3) is 0.692. The van der Waals surface area contributed by atoms with E-state index in [1.165, 1.54) is 0 Å². The molecular weight excluding hydrogens is 264 g/mol. The van der Waals surface area contributed by atoms with Crippen molar-refractivity contribution in [3.63, 3.8) is 0 Å². The van der Waals surface area contributed by atoms with Crippen LogP contribution in [0.1, 0.15) is 30.8 Å². The first-order valence-corrected chi connectivity index (χ1v) is 6.86. The number of rotatable bonds is 6. The summed E-state index contributed by atoms with van der Waals surface area (Å²) >= 11 is 6.09. The molecule has 1 amide bonds. The minimum absolute atomic E-state index is 0.0268. The van der Waals surface area contributed by atoms with Gasteiger partial charge in [0.25, 0.3) is 0 Å². The Balaban J connectivity index is 2.55. The largest absolute Gasteiger partial charge is 0.354 e. The molecule has 0 aliphatic rings. The third-order valence-corrected chi connectivity index (χ3v) is 3.61. The molecule has 1 rings (SSSR count). The Morgan fingerprint density at radius 3 is 2.58 bits per heavy atom. The van der Waals surface area contributed by atoms with Gasteiger partial charge in [0.15, 0.2) is 0 Å². The van der Waals surface area contributed by atoms with E-state index in [9.17, 15) is 4.79 Å². The molecule has 19 heavy (non-hydrogen) atoms. The number of nitrogens with zero attached hydrogens (tertiary/aromatic N) is 3. The Morgan fingerprint density at radius 1 is 1.47 bits per heavy atom. The topological polar surface area (TPSA) is 50.2 Å². The van der Waals surface area contributed by atoms with Crippen LogP contribution in [0.15, 0.2) is 0 Å². The molecule has 0 aromatic carbocycles. The molecule has 1 heterocycles. The summed E-state index contributed by atoms with van der Waals surface area (Å²) in [5, 5.41) is 7.86. The summed E-state index contributed by atoms with van der Waals surface area (Å²) in [5.74, 6) is -0.0268. The third-order valence-electron chi connectivity index (χ3n) is 3.06. The van der Waals surface area contributed by atoms with Crippen LogP contribution in [-0.4, -0.2) is 47.8 Å². The molecule has 1 unspecified atom stereocenters. The van der Waals surface area contributed by atoms with Crippen molar-refractivity contribution < 1.29 is 4.79 Å². The van der Waals surface area contributed by atoms with Crippen molar-refractivity contribution in [2.24, 2.45) is 0 Å². The molecule has 0 aliphatic heterocycles. The number of amides is 1. The number of halogens is 1. The molecule has 108 valence electrons. The molecule has 0 saturated carbocycles. The number of aromatic nitrogens is 2. The summed E-state index contributed by atoms with van der Waals surface area (Å²) in [6, 6.07) is -0.342. The van der Waals surface area contributed by atoms with E-state index >= 15 is 0 Å². The van der Waals surface area contributed by atoms with Gasteiger partial charge in [-0.1, -0.05) is 11.6 Å². The zero-order valence-electron chi connectivity index (χ0n) is 12.3. The first kappa shape index (κ1) is 16.0. The van der Waals surface area contributed by atoms with E-state index in [0.29, 0.717) is 11.6 Å². The number of hydrogen-bond acceptors (Lipinski definition) is 3. The van der Waals surface area contributed by atoms with E-state index in [1.54, 1.807) is 4.68 Å². The van der Waals surface area contributed by atoms with Crippen LogP contribution in [0.3, 0.4) is 0 Å². The molecule has 0 aliphatic carbocycles. The van der Waals surface area contributed by atoms with Gasteiger partial charge in [-0.2, -0.15) is 5.10 Å². The average molecular weight is 287 g/mol. The van der Waals surface area contributed by atoms with Crippen molar-refractivity contribution in [2.75, 3.05) is 27.2 Å². The Labute approximate surface area is 119 Å². The van der Waals surface area contributed by atoms with Gasteiger partial charge in [0.05, 0.1) is 16.4 Å². The van der Waals surface area contributed by atoms with Gasteiger partial charge in [0, 0.05) is 6.54 Å². The molecule has 0 fully saturated rings. The van der Waals surface area contributed by atoms with Gasteiger partial charge in [-0.3, -0.25) is 9.48 Å². The van der Waals surface area contributed by atoms with Crippen molar-refractivity contribution in [1.29, 1.82) is 0 Å². The van der Waals surface area contributed by atoms with Gasteiger partial charge in [-0.15, -0.1) is 0 Å². The van der Waals surface area contributed by atoms with Crippen molar-refractivity contribution in [3.8, 4) is 0 Å². The fourth-order valence-electron chi connectivity index (χ4n) is 1.89. The number of nitrogens with one attached hydrogen (secondary N) is 1. The molecule has 0 saturated heterocycles. The minimum atomic E-state index is -0.342. The zero-order chi connectivity index (χ0) is 14.6. The molecule has 6 heteroatoms. The lowest BCUT2D eigenvalue weighted by molar-refractivity contribution is -0.124. The van der Waals surface area contributed by atoms with Crippen molar-refractivity contribution in [1.82, 2.24) is 20.0 Å². The van der Waals surface area contributed by atoms with Crippen LogP contribution in [-0.2, 0) is 4.79 Å². The molecule has 1 aromatic rings. The molecule has 1 N–H and O–H groups in total. The maximum absolute atomic E-state index is 12.0. The second-order valence-electron chi connectivity index (χ2n) is 5.05. The van der Waals surface area contributed by atoms with E-state index in [2.05, 4.69) is 15.3 Å². The van der Waals surface area contributed by atoms with Crippen LogP contribution in [0, 0.1) is 13.8 Å². The lowest BCUT2D eigenvalue weighted by atomic mass is 10.3. The Morgan fingerprint density at radius 2 is 2.11 bits per heavy atom. The molecule has 1 aromatic heterocycles. The third kappa shape index (κ3) is 4.21. The maximum Gasteiger partial charge on any atom is 0.244 e. The SMILES string of the molecule is Cc1nn(C(C)C(=O)NCCCN(C)C)c(C)c1Cl. The Hall–Kier alpha value is -1.07. The zero-order valence-corrected chi connectivity index (χ0v) is 13.1. The molecule has 0 radical (unpaired) electrons. The molecule has 5 nitrogen and oxygen atoms in total. The summed E-state index contributed by atoms with van der Waals surface area (Å²) in [6.07, 6.45) is 0.934. The quantitative estimate of drug-likeness (QED) is 0.811. The standard InChI is InChI=1S/C13H23ClN4O/c1-9-12(14)10(2)18(16-9)11(3)13(19)15-7-6-8-17(4)5/h11H,6-8H2,1-5H3,(H,15,19). The Bertz CT molecular complexity index is 442. The highest BCUT2D eigenvalue weighted by atomic mass is 35.5. The molecule has 0 bridgehead atoms. The van der Waals surface area contributed by atoms with Crippen LogP contribution in [0.4, 0.5) is 0 Å². The highest BCUT2D eigenvalue weighted by molar-refractivity contribution is 6.31. The number of aryl methyl sites for hydroxylation is 1. The van der Waals surface area contributed by atoms with Gasteiger partial charge in [0.1, 0.15) is 6.04 Å². The number of carbonyl (C=O) groups excluding carboxylic acids is 1. The van der Waals surface area contributed by atoms with Crippen molar-refractivity contribution in [3.05, 3.63) is 16.4 Å². The summed E-state index contributed by atoms with van der Waals surface area (Å²) in [6.45, 7) is 7.18. The van der Waals surface area contributed by atoms with Crippen LogP contribution in [0.2, 0.25) is 5.02 Å². The van der Waals surface area contributed by atoms with E-state index < -0.39 is 0 Å². The number of carbonyl (C=O) groups is 1. The van der Waals surface area contributed by atoms with Gasteiger partial charge in [-0.25, -0.2) is 0 Å². The normalized spacial score (nSPS) is 12.8. The predicted octanol–water partition coefficient (Wildman–Crippen LogP) is 1.78. The van der Waals surface area contributed by atoms with Gasteiger partial charge in [-0.05, 0) is 47.8 Å². The summed E-state index contributed by atoms with van der Waals surface area (Å²) in [7, 11) is 4.03. The number of hydrogen-bond donors (Lipinski definition) is 1. The van der Waals surface area contributed by atoms with Gasteiger partial charge in [0.2, 0.25) is 5.91 Å². The average Bonchev–Trinajstić information content (AvgIpc) is 2.61. The van der Waals surface area contributed by atoms with E-state index in [-0.39, 0.29) is 11.9 Å². The van der Waals surface area contributed by atoms with Crippen LogP contribution >= 0.6 is 11.6 Å². The summed E-state index contributed by atoms with van der Waals surface area (Å²) < 4.78 is 1.68. The van der Waals surface area contributed by atoms with E-state index in [0.717, 1.165) is 24.4 Å². The van der Waals surface area contributed by atoms with Gasteiger partial charge >= 0.3 is 0 Å². The fourth-order valence-corrected chi connectivity index (χ4v) is 2.01. The molecule has 1 atom stereocenters. The first-order valence-electron chi connectivity index (χ1n) is 6.48. The lowest BCUT2D eigenvalue weighted by Crippen LogP contribution is -2.33.